The van der Waals surface area contributed by atoms with E-state index in [1.54, 1.807) is 78.9 Å². The number of aliphatic hydroxyl groups is 1. The van der Waals surface area contributed by atoms with Gasteiger partial charge in [-0.3, -0.25) is 10.1 Å². The average molecular weight is 490 g/mol. The fourth-order valence-electron chi connectivity index (χ4n) is 3.54. The van der Waals surface area contributed by atoms with Crippen LogP contribution in [0.1, 0.15) is 25.5 Å². The standard InChI is InChI=1S/C28H31N3O5/c1-28(2,17-16-25(33)31-23-14-8-7-13-22(23)29)26(21-12-6-9-15-24(21)35-19-18-32)36-27(34)30-20-10-4-3-5-11-20/h3-17,26,32H,18-19,29H2,1-2H3,(H,30,34)(H,31,33)/b17-16+/t26-/m0/s1. The van der Waals surface area contributed by atoms with Crippen LogP contribution in [-0.2, 0) is 9.53 Å². The van der Waals surface area contributed by atoms with E-state index in [-0.39, 0.29) is 19.1 Å². The zero-order valence-corrected chi connectivity index (χ0v) is 20.3. The third kappa shape index (κ3) is 7.35. The van der Waals surface area contributed by atoms with Crippen molar-refractivity contribution >= 4 is 29.1 Å². The number of hydrogen-bond donors (Lipinski definition) is 4. The summed E-state index contributed by atoms with van der Waals surface area (Å²) in [6.07, 6.45) is 1.56. The van der Waals surface area contributed by atoms with Gasteiger partial charge in [0.1, 0.15) is 18.5 Å². The maximum atomic E-state index is 12.9. The number of carbonyl (C=O) groups is 2. The van der Waals surface area contributed by atoms with Gasteiger partial charge in [0, 0.05) is 16.7 Å². The smallest absolute Gasteiger partial charge is 0.412 e. The van der Waals surface area contributed by atoms with E-state index in [4.69, 9.17) is 15.2 Å². The monoisotopic (exact) mass is 489 g/mol. The number of benzene rings is 3. The lowest BCUT2D eigenvalue weighted by molar-refractivity contribution is -0.112. The second kappa shape index (κ2) is 12.4. The molecule has 5 N–H and O–H groups in total. The third-order valence-electron chi connectivity index (χ3n) is 5.35. The number of carbonyl (C=O) groups excluding carboxylic acids is 2. The number of nitrogen functional groups attached to an aromatic ring is 1. The molecular formula is C28H31N3O5. The van der Waals surface area contributed by atoms with Gasteiger partial charge in [0.25, 0.3) is 0 Å². The van der Waals surface area contributed by atoms with E-state index in [2.05, 4.69) is 10.6 Å². The van der Waals surface area contributed by atoms with E-state index in [0.29, 0.717) is 28.4 Å². The van der Waals surface area contributed by atoms with Gasteiger partial charge in [-0.15, -0.1) is 0 Å². The minimum absolute atomic E-state index is 0.0805. The van der Waals surface area contributed by atoms with Gasteiger partial charge in [-0.25, -0.2) is 4.79 Å². The van der Waals surface area contributed by atoms with Crippen LogP contribution in [-0.4, -0.2) is 30.3 Å². The summed E-state index contributed by atoms with van der Waals surface area (Å²) in [6, 6.07) is 23.0. The Morgan fingerprint density at radius 2 is 1.64 bits per heavy atom. The molecule has 0 heterocycles. The van der Waals surface area contributed by atoms with Gasteiger partial charge in [0.05, 0.1) is 18.0 Å². The predicted molar refractivity (Wildman–Crippen MR) is 141 cm³/mol. The number of nitrogens with one attached hydrogen (secondary N) is 2. The summed E-state index contributed by atoms with van der Waals surface area (Å²) in [7, 11) is 0. The molecule has 0 fully saturated rings. The van der Waals surface area contributed by atoms with Crippen molar-refractivity contribution in [1.29, 1.82) is 0 Å². The van der Waals surface area contributed by atoms with Gasteiger partial charge in [-0.1, -0.05) is 68.5 Å². The highest BCUT2D eigenvalue weighted by molar-refractivity contribution is 6.01. The first kappa shape index (κ1) is 26.3. The molecule has 36 heavy (non-hydrogen) atoms. The Bertz CT molecular complexity index is 1190. The van der Waals surface area contributed by atoms with E-state index < -0.39 is 17.6 Å². The van der Waals surface area contributed by atoms with Crippen LogP contribution in [0.15, 0.2) is 91.0 Å². The largest absolute Gasteiger partial charge is 0.491 e. The average Bonchev–Trinajstić information content (AvgIpc) is 2.87. The quantitative estimate of drug-likeness (QED) is 0.231. The Kier molecular flexibility index (Phi) is 9.07. The lowest BCUT2D eigenvalue weighted by atomic mass is 9.81. The van der Waals surface area contributed by atoms with Crippen molar-refractivity contribution in [2.45, 2.75) is 20.0 Å². The van der Waals surface area contributed by atoms with Crippen LogP contribution in [0, 0.1) is 5.41 Å². The third-order valence-corrected chi connectivity index (χ3v) is 5.35. The second-order valence-corrected chi connectivity index (χ2v) is 8.62. The molecule has 0 saturated carbocycles. The Morgan fingerprint density at radius 1 is 0.972 bits per heavy atom. The molecule has 0 saturated heterocycles. The molecule has 8 heteroatoms. The summed E-state index contributed by atoms with van der Waals surface area (Å²) in [4.78, 5) is 25.5. The van der Waals surface area contributed by atoms with Crippen molar-refractivity contribution in [2.24, 2.45) is 5.41 Å². The molecule has 0 aliphatic rings. The zero-order valence-electron chi connectivity index (χ0n) is 20.3. The maximum Gasteiger partial charge on any atom is 0.412 e. The number of hydrogen-bond acceptors (Lipinski definition) is 6. The predicted octanol–water partition coefficient (Wildman–Crippen LogP) is 5.15. The van der Waals surface area contributed by atoms with E-state index in [1.807, 2.05) is 19.9 Å². The number of rotatable bonds is 10. The first-order chi connectivity index (χ1) is 17.3. The molecule has 0 spiro atoms. The number of amides is 2. The molecule has 3 aromatic carbocycles. The minimum Gasteiger partial charge on any atom is -0.491 e. The SMILES string of the molecule is CC(C)(/C=C/C(=O)Nc1ccccc1N)[C@@H](OC(=O)Nc1ccccc1)c1ccccc1OCCO. The highest BCUT2D eigenvalue weighted by atomic mass is 16.6. The molecule has 0 radical (unpaired) electrons. The van der Waals surface area contributed by atoms with Crippen molar-refractivity contribution in [2.75, 3.05) is 29.6 Å². The van der Waals surface area contributed by atoms with Gasteiger partial charge in [-0.05, 0) is 36.4 Å². The summed E-state index contributed by atoms with van der Waals surface area (Å²) in [5.41, 5.74) is 7.20. The van der Waals surface area contributed by atoms with E-state index >= 15 is 0 Å². The molecule has 188 valence electrons. The van der Waals surface area contributed by atoms with Gasteiger partial charge in [0.2, 0.25) is 5.91 Å². The van der Waals surface area contributed by atoms with Crippen molar-refractivity contribution in [3.63, 3.8) is 0 Å². The Hall–Kier alpha value is -4.30. The number of para-hydroxylation sites is 4. The highest BCUT2D eigenvalue weighted by Crippen LogP contribution is 2.42. The van der Waals surface area contributed by atoms with Crippen LogP contribution in [0.4, 0.5) is 21.9 Å². The van der Waals surface area contributed by atoms with Gasteiger partial charge >= 0.3 is 6.09 Å². The maximum absolute atomic E-state index is 12.9. The minimum atomic E-state index is -0.841. The first-order valence-electron chi connectivity index (χ1n) is 11.5. The molecule has 3 aromatic rings. The van der Waals surface area contributed by atoms with Crippen molar-refractivity contribution in [3.05, 3.63) is 96.6 Å². The summed E-state index contributed by atoms with van der Waals surface area (Å²) < 4.78 is 11.6. The highest BCUT2D eigenvalue weighted by Gasteiger charge is 2.34. The van der Waals surface area contributed by atoms with Crippen LogP contribution in [0.3, 0.4) is 0 Å². The summed E-state index contributed by atoms with van der Waals surface area (Å²) in [5, 5.41) is 14.7. The lowest BCUT2D eigenvalue weighted by Gasteiger charge is -2.32. The first-order valence-corrected chi connectivity index (χ1v) is 11.5. The number of nitrogens with two attached hydrogens (primary N) is 1. The lowest BCUT2D eigenvalue weighted by Crippen LogP contribution is -2.28. The van der Waals surface area contributed by atoms with Crippen molar-refractivity contribution < 1.29 is 24.2 Å². The fourth-order valence-corrected chi connectivity index (χ4v) is 3.54. The summed E-state index contributed by atoms with van der Waals surface area (Å²) >= 11 is 0. The Balaban J connectivity index is 1.87. The van der Waals surface area contributed by atoms with E-state index in [9.17, 15) is 14.7 Å². The van der Waals surface area contributed by atoms with E-state index in [0.717, 1.165) is 0 Å². The Labute approximate surface area is 210 Å². The molecule has 0 aliphatic heterocycles. The fraction of sp³-hybridized carbons (Fsp3) is 0.214. The van der Waals surface area contributed by atoms with E-state index in [1.165, 1.54) is 6.08 Å². The van der Waals surface area contributed by atoms with Crippen LogP contribution in [0.5, 0.6) is 5.75 Å². The van der Waals surface area contributed by atoms with Crippen molar-refractivity contribution in [1.82, 2.24) is 0 Å². The normalized spacial score (nSPS) is 12.1. The van der Waals surface area contributed by atoms with Crippen LogP contribution in [0.25, 0.3) is 0 Å². The zero-order chi connectivity index (χ0) is 26.0. The summed E-state index contributed by atoms with van der Waals surface area (Å²) in [6.45, 7) is 3.60. The number of ether oxygens (including phenoxy) is 2. The second-order valence-electron chi connectivity index (χ2n) is 8.62. The summed E-state index contributed by atoms with van der Waals surface area (Å²) in [5.74, 6) is 0.0883. The van der Waals surface area contributed by atoms with Crippen LogP contribution >= 0.6 is 0 Å². The number of aliphatic hydroxyl groups excluding tert-OH is 1. The van der Waals surface area contributed by atoms with Gasteiger partial charge in [0.15, 0.2) is 0 Å². The van der Waals surface area contributed by atoms with Gasteiger partial charge < -0.3 is 25.6 Å². The molecule has 0 unspecified atom stereocenters. The molecular weight excluding hydrogens is 458 g/mol. The molecule has 0 aliphatic carbocycles. The van der Waals surface area contributed by atoms with Crippen LogP contribution in [0.2, 0.25) is 0 Å². The van der Waals surface area contributed by atoms with Crippen molar-refractivity contribution in [3.8, 4) is 5.75 Å². The van der Waals surface area contributed by atoms with Gasteiger partial charge in [-0.2, -0.15) is 0 Å². The molecule has 8 nitrogen and oxygen atoms in total. The molecule has 0 aromatic heterocycles. The Morgan fingerprint density at radius 3 is 2.36 bits per heavy atom. The topological polar surface area (TPSA) is 123 Å². The molecule has 1 atom stereocenters. The molecule has 0 bridgehead atoms. The molecule has 3 rings (SSSR count). The van der Waals surface area contributed by atoms with Crippen LogP contribution < -0.4 is 21.1 Å². The molecule has 2 amide bonds. The number of anilines is 3.